The molecule has 2 aliphatic rings. The predicted octanol–water partition coefficient (Wildman–Crippen LogP) is 1.76. The molecule has 2 aliphatic heterocycles. The molecule has 2 N–H and O–H groups in total. The molecule has 0 radical (unpaired) electrons. The van der Waals surface area contributed by atoms with Crippen molar-refractivity contribution in [3.63, 3.8) is 0 Å². The third-order valence-electron chi connectivity index (χ3n) is 5.69. The van der Waals surface area contributed by atoms with Gasteiger partial charge in [0, 0.05) is 13.1 Å². The monoisotopic (exact) mass is 374 g/mol. The number of fused-ring (bicyclic) bond motifs is 1. The topological polar surface area (TPSA) is 95.9 Å². The molecular weight excluding hydrogens is 348 g/mol. The number of hydrogen-bond donors (Lipinski definition) is 2. The normalized spacial score (nSPS) is 29.9. The molecule has 7 nitrogen and oxygen atoms in total. The lowest BCUT2D eigenvalue weighted by atomic mass is 9.76. The molecule has 7 heteroatoms. The van der Waals surface area contributed by atoms with Crippen LogP contribution in [-0.2, 0) is 19.1 Å². The van der Waals surface area contributed by atoms with E-state index in [4.69, 9.17) is 4.74 Å². The van der Waals surface area contributed by atoms with Crippen LogP contribution in [-0.4, -0.2) is 47.0 Å². The van der Waals surface area contributed by atoms with Crippen LogP contribution in [0.3, 0.4) is 0 Å². The Hall–Kier alpha value is -2.41. The van der Waals surface area contributed by atoms with Gasteiger partial charge in [-0.3, -0.25) is 24.6 Å². The minimum Gasteiger partial charge on any atom is -0.508 e. The minimum absolute atomic E-state index is 0.113. The highest BCUT2D eigenvalue weighted by atomic mass is 16.5. The van der Waals surface area contributed by atoms with Crippen LogP contribution in [0.2, 0.25) is 0 Å². The summed E-state index contributed by atoms with van der Waals surface area (Å²) < 4.78 is 5.33. The highest BCUT2D eigenvalue weighted by Gasteiger charge is 2.67. The van der Waals surface area contributed by atoms with Crippen LogP contribution in [0, 0.1) is 11.8 Å². The predicted molar refractivity (Wildman–Crippen MR) is 97.6 cm³/mol. The first kappa shape index (κ1) is 19.4. The number of rotatable bonds is 6. The fraction of sp³-hybridized carbons (Fsp3) is 0.550. The van der Waals surface area contributed by atoms with Crippen molar-refractivity contribution >= 4 is 17.8 Å². The lowest BCUT2D eigenvalue weighted by Crippen LogP contribution is -2.56. The number of benzene rings is 1. The zero-order valence-electron chi connectivity index (χ0n) is 15.9. The van der Waals surface area contributed by atoms with E-state index in [1.807, 2.05) is 6.92 Å². The van der Waals surface area contributed by atoms with E-state index in [1.165, 1.54) is 19.2 Å². The Bertz CT molecular complexity index is 747. The molecule has 1 aromatic carbocycles. The maximum Gasteiger partial charge on any atom is 0.327 e. The molecule has 0 spiro atoms. The van der Waals surface area contributed by atoms with E-state index in [9.17, 15) is 19.5 Å². The highest BCUT2D eigenvalue weighted by Crippen LogP contribution is 2.50. The summed E-state index contributed by atoms with van der Waals surface area (Å²) in [7, 11) is 1.46. The number of amides is 2. The molecule has 1 aromatic rings. The van der Waals surface area contributed by atoms with E-state index in [2.05, 4.69) is 5.32 Å². The van der Waals surface area contributed by atoms with Gasteiger partial charge >= 0.3 is 5.97 Å². The first-order valence-electron chi connectivity index (χ1n) is 9.42. The van der Waals surface area contributed by atoms with E-state index < -0.39 is 29.4 Å². The number of imide groups is 1. The number of carbonyl (C=O) groups excluding carboxylic acids is 3. The number of esters is 1. The Kier molecular flexibility index (Phi) is 5.24. The van der Waals surface area contributed by atoms with E-state index in [1.54, 1.807) is 19.1 Å². The van der Waals surface area contributed by atoms with Crippen LogP contribution in [0.5, 0.6) is 5.75 Å². The quantitative estimate of drug-likeness (QED) is 0.582. The average molecular weight is 374 g/mol. The molecule has 2 amide bonds. The lowest BCUT2D eigenvalue weighted by molar-refractivity contribution is -0.156. The van der Waals surface area contributed by atoms with Gasteiger partial charge in [-0.25, -0.2) is 0 Å². The average Bonchev–Trinajstić information content (AvgIpc) is 3.11. The summed E-state index contributed by atoms with van der Waals surface area (Å²) >= 11 is 0. The van der Waals surface area contributed by atoms with E-state index in [-0.39, 0.29) is 24.2 Å². The number of phenols is 1. The van der Waals surface area contributed by atoms with Crippen LogP contribution in [0.4, 0.5) is 0 Å². The molecule has 4 atom stereocenters. The number of carbonyl (C=O) groups is 3. The maximum atomic E-state index is 13.0. The fourth-order valence-corrected chi connectivity index (χ4v) is 4.35. The number of aromatic hydroxyl groups is 1. The smallest absolute Gasteiger partial charge is 0.327 e. The zero-order valence-corrected chi connectivity index (χ0v) is 15.9. The largest absolute Gasteiger partial charge is 0.508 e. The second-order valence-electron chi connectivity index (χ2n) is 7.25. The Labute approximate surface area is 158 Å². The standard InChI is InChI=1S/C20H26N2O5/c1-4-6-11-20(19(26)27-5-2)15-14(17(24)22(3)18(15)25)16(21-20)12-7-9-13(23)10-8-12/h7-10,14-16,21,23H,4-6,11H2,1-3H3. The van der Waals surface area contributed by atoms with Crippen LogP contribution in [0.15, 0.2) is 24.3 Å². The Morgan fingerprint density at radius 3 is 2.48 bits per heavy atom. The molecule has 2 heterocycles. The van der Waals surface area contributed by atoms with Gasteiger partial charge in [0.2, 0.25) is 11.8 Å². The van der Waals surface area contributed by atoms with Crippen molar-refractivity contribution in [3.8, 4) is 5.75 Å². The van der Waals surface area contributed by atoms with E-state index in [0.717, 1.165) is 23.3 Å². The molecular formula is C20H26N2O5. The first-order chi connectivity index (χ1) is 12.9. The number of hydrogen-bond acceptors (Lipinski definition) is 6. The van der Waals surface area contributed by atoms with Crippen molar-refractivity contribution in [2.45, 2.75) is 44.7 Å². The summed E-state index contributed by atoms with van der Waals surface area (Å²) in [6, 6.07) is 5.99. The zero-order chi connectivity index (χ0) is 19.8. The molecule has 2 fully saturated rings. The third kappa shape index (κ3) is 3.00. The Morgan fingerprint density at radius 1 is 1.22 bits per heavy atom. The number of likely N-dealkylation sites (tertiary alicyclic amines) is 1. The van der Waals surface area contributed by atoms with Crippen LogP contribution in [0.1, 0.15) is 44.7 Å². The van der Waals surface area contributed by atoms with Gasteiger partial charge in [-0.15, -0.1) is 0 Å². The van der Waals surface area contributed by atoms with Crippen molar-refractivity contribution in [1.82, 2.24) is 10.2 Å². The maximum absolute atomic E-state index is 13.0. The van der Waals surface area contributed by atoms with Crippen molar-refractivity contribution < 1.29 is 24.2 Å². The number of phenolic OH excluding ortho intramolecular Hbond substituents is 1. The Balaban J connectivity index is 2.10. The number of unbranched alkanes of at least 4 members (excludes halogenated alkanes) is 1. The molecule has 0 saturated carbocycles. The molecule has 3 rings (SSSR count). The fourth-order valence-electron chi connectivity index (χ4n) is 4.35. The van der Waals surface area contributed by atoms with Crippen molar-refractivity contribution in [2.24, 2.45) is 11.8 Å². The van der Waals surface area contributed by atoms with Crippen LogP contribution < -0.4 is 5.32 Å². The summed E-state index contributed by atoms with van der Waals surface area (Å²) in [5, 5.41) is 12.9. The van der Waals surface area contributed by atoms with Gasteiger partial charge in [-0.05, 0) is 31.0 Å². The number of nitrogens with zero attached hydrogens (tertiary/aromatic N) is 1. The second kappa shape index (κ2) is 7.31. The summed E-state index contributed by atoms with van der Waals surface area (Å²) in [6.45, 7) is 3.94. The molecule has 0 bridgehead atoms. The third-order valence-corrected chi connectivity index (χ3v) is 5.69. The molecule has 27 heavy (non-hydrogen) atoms. The van der Waals surface area contributed by atoms with Gasteiger partial charge in [-0.2, -0.15) is 0 Å². The first-order valence-corrected chi connectivity index (χ1v) is 9.42. The Morgan fingerprint density at radius 2 is 1.89 bits per heavy atom. The van der Waals surface area contributed by atoms with Gasteiger partial charge in [-0.1, -0.05) is 31.9 Å². The van der Waals surface area contributed by atoms with Gasteiger partial charge in [0.25, 0.3) is 0 Å². The molecule has 2 saturated heterocycles. The van der Waals surface area contributed by atoms with Crippen molar-refractivity contribution in [3.05, 3.63) is 29.8 Å². The number of nitrogens with one attached hydrogen (secondary N) is 1. The van der Waals surface area contributed by atoms with Gasteiger partial charge in [0.1, 0.15) is 11.3 Å². The highest BCUT2D eigenvalue weighted by molar-refractivity contribution is 6.09. The van der Waals surface area contributed by atoms with Crippen LogP contribution in [0.25, 0.3) is 0 Å². The summed E-state index contributed by atoms with van der Waals surface area (Å²) in [5.74, 6) is -2.47. The minimum atomic E-state index is -1.23. The lowest BCUT2D eigenvalue weighted by Gasteiger charge is -2.32. The van der Waals surface area contributed by atoms with Crippen LogP contribution >= 0.6 is 0 Å². The van der Waals surface area contributed by atoms with E-state index in [0.29, 0.717) is 6.42 Å². The summed E-state index contributed by atoms with van der Waals surface area (Å²) in [4.78, 5) is 39.9. The second-order valence-corrected chi connectivity index (χ2v) is 7.25. The van der Waals surface area contributed by atoms with Gasteiger partial charge in [0.15, 0.2) is 0 Å². The van der Waals surface area contributed by atoms with Gasteiger partial charge < -0.3 is 9.84 Å². The molecule has 0 aliphatic carbocycles. The SMILES string of the molecule is CCCCC1(C(=O)OCC)NC(c2ccc(O)cc2)C2C(=O)N(C)C(=O)C21. The summed E-state index contributed by atoms with van der Waals surface area (Å²) in [6.07, 6.45) is 2.00. The molecule has 4 unspecified atom stereocenters. The van der Waals surface area contributed by atoms with Crippen molar-refractivity contribution in [1.29, 1.82) is 0 Å². The van der Waals surface area contributed by atoms with E-state index >= 15 is 0 Å². The van der Waals surface area contributed by atoms with Gasteiger partial charge in [0.05, 0.1) is 18.4 Å². The molecule has 146 valence electrons. The van der Waals surface area contributed by atoms with Crippen molar-refractivity contribution in [2.75, 3.05) is 13.7 Å². The number of ether oxygens (including phenoxy) is 1. The summed E-state index contributed by atoms with van der Waals surface area (Å²) in [5.41, 5.74) is -0.474. The molecule has 0 aromatic heterocycles.